The van der Waals surface area contributed by atoms with Gasteiger partial charge < -0.3 is 15.5 Å². The van der Waals surface area contributed by atoms with E-state index in [1.165, 1.54) is 257 Å². The highest BCUT2D eigenvalue weighted by molar-refractivity contribution is 5.76. The molecule has 0 rings (SSSR count). The van der Waals surface area contributed by atoms with Crippen LogP contribution in [0.1, 0.15) is 303 Å². The summed E-state index contributed by atoms with van der Waals surface area (Å²) in [5.74, 6) is -0.0564. The number of hydrogen-bond acceptors (Lipinski definition) is 3. The molecule has 0 aromatic heterocycles. The molecule has 0 aliphatic rings. The first-order chi connectivity index (χ1) is 28.2. The predicted octanol–water partition coefficient (Wildman–Crippen LogP) is 17.0. The smallest absolute Gasteiger partial charge is 0.220 e. The molecule has 57 heavy (non-hydrogen) atoms. The van der Waals surface area contributed by atoms with Crippen molar-refractivity contribution in [3.8, 4) is 0 Å². The summed E-state index contributed by atoms with van der Waals surface area (Å²) in [7, 11) is 0. The maximum atomic E-state index is 12.4. The molecule has 0 saturated carbocycles. The molecule has 4 nitrogen and oxygen atoms in total. The van der Waals surface area contributed by atoms with Gasteiger partial charge in [0.15, 0.2) is 0 Å². The van der Waals surface area contributed by atoms with Gasteiger partial charge in [-0.25, -0.2) is 0 Å². The van der Waals surface area contributed by atoms with E-state index in [9.17, 15) is 15.0 Å². The van der Waals surface area contributed by atoms with Crippen molar-refractivity contribution in [1.82, 2.24) is 5.32 Å². The molecule has 2 atom stereocenters. The van der Waals surface area contributed by atoms with Crippen molar-refractivity contribution < 1.29 is 15.0 Å². The highest BCUT2D eigenvalue weighted by Gasteiger charge is 2.18. The molecule has 0 aliphatic heterocycles. The molecular weight excluding hydrogens is 699 g/mol. The second-order valence-electron chi connectivity index (χ2n) is 18.3. The van der Waals surface area contributed by atoms with Crippen LogP contribution in [0.3, 0.4) is 0 Å². The molecule has 0 radical (unpaired) electrons. The summed E-state index contributed by atoms with van der Waals surface area (Å²) in [6.07, 6.45) is 63.6. The van der Waals surface area contributed by atoms with Gasteiger partial charge in [-0.05, 0) is 19.3 Å². The van der Waals surface area contributed by atoms with Crippen LogP contribution < -0.4 is 5.32 Å². The average Bonchev–Trinajstić information content (AvgIpc) is 3.22. The van der Waals surface area contributed by atoms with E-state index in [1.807, 2.05) is 6.08 Å². The van der Waals surface area contributed by atoms with Crippen LogP contribution in [0.25, 0.3) is 0 Å². The minimum atomic E-state index is -0.835. The SMILES string of the molecule is CCCCCCCCCCCCCCCCCCCC/C=C/C(O)C(CO)NC(=O)CCCCCCCCCCCCCCCCCCCCCCCCCCC. The monoisotopic (exact) mass is 804 g/mol. The largest absolute Gasteiger partial charge is 0.394 e. The van der Waals surface area contributed by atoms with Gasteiger partial charge in [0.1, 0.15) is 0 Å². The summed E-state index contributed by atoms with van der Waals surface area (Å²) in [6.45, 7) is 4.35. The molecule has 0 fully saturated rings. The summed E-state index contributed by atoms with van der Waals surface area (Å²) in [6, 6.07) is -0.617. The van der Waals surface area contributed by atoms with Crippen LogP contribution in [0.2, 0.25) is 0 Å². The van der Waals surface area contributed by atoms with E-state index in [0.29, 0.717) is 6.42 Å². The van der Waals surface area contributed by atoms with Gasteiger partial charge in [0, 0.05) is 6.42 Å². The molecule has 2 unspecified atom stereocenters. The zero-order chi connectivity index (χ0) is 41.4. The number of carbonyl (C=O) groups excluding carboxylic acids is 1. The molecule has 0 bridgehead atoms. The Kier molecular flexibility index (Phi) is 48.7. The zero-order valence-corrected chi connectivity index (χ0v) is 39.1. The standard InChI is InChI=1S/C53H105NO3/c1-3-5-7-9-11-13-15-17-19-21-23-25-26-27-28-29-31-33-35-37-39-41-43-45-47-49-53(57)54-51(50-55)52(56)48-46-44-42-40-38-36-34-32-30-24-22-20-18-16-14-12-10-8-6-4-2/h46,48,51-52,55-56H,3-45,47,49-50H2,1-2H3,(H,54,57)/b48-46+. The van der Waals surface area contributed by atoms with E-state index in [1.54, 1.807) is 6.08 Å². The number of amides is 1. The van der Waals surface area contributed by atoms with Crippen LogP contribution in [-0.4, -0.2) is 34.9 Å². The Morgan fingerprint density at radius 3 is 0.912 bits per heavy atom. The number of aliphatic hydroxyl groups excluding tert-OH is 2. The molecule has 4 heteroatoms. The van der Waals surface area contributed by atoms with Gasteiger partial charge in [-0.1, -0.05) is 289 Å². The molecule has 0 saturated heterocycles. The maximum absolute atomic E-state index is 12.4. The molecule has 0 spiro atoms. The van der Waals surface area contributed by atoms with E-state index in [4.69, 9.17) is 0 Å². The fraction of sp³-hybridized carbons (Fsp3) is 0.943. The molecule has 0 aliphatic carbocycles. The highest BCUT2D eigenvalue weighted by atomic mass is 16.3. The van der Waals surface area contributed by atoms with Crippen LogP contribution in [0.4, 0.5) is 0 Å². The lowest BCUT2D eigenvalue weighted by atomic mass is 10.0. The number of rotatable bonds is 49. The highest BCUT2D eigenvalue weighted by Crippen LogP contribution is 2.17. The third kappa shape index (κ3) is 46.1. The Balaban J connectivity index is 3.46. The van der Waals surface area contributed by atoms with Crippen molar-refractivity contribution in [1.29, 1.82) is 0 Å². The van der Waals surface area contributed by atoms with Crippen LogP contribution in [0, 0.1) is 0 Å². The number of hydrogen-bond donors (Lipinski definition) is 3. The summed E-state index contributed by atoms with van der Waals surface area (Å²) >= 11 is 0. The lowest BCUT2D eigenvalue weighted by Gasteiger charge is -2.20. The molecule has 0 aromatic carbocycles. The van der Waals surface area contributed by atoms with Crippen molar-refractivity contribution in [2.75, 3.05) is 6.61 Å². The molecule has 0 heterocycles. The number of nitrogens with one attached hydrogen (secondary N) is 1. The second kappa shape index (κ2) is 49.5. The van der Waals surface area contributed by atoms with E-state index < -0.39 is 12.1 Å². The fourth-order valence-electron chi connectivity index (χ4n) is 8.48. The average molecular weight is 804 g/mol. The van der Waals surface area contributed by atoms with Crippen molar-refractivity contribution in [3.05, 3.63) is 12.2 Å². The van der Waals surface area contributed by atoms with E-state index in [-0.39, 0.29) is 12.5 Å². The molecule has 3 N–H and O–H groups in total. The van der Waals surface area contributed by atoms with Crippen LogP contribution in [-0.2, 0) is 4.79 Å². The number of allylic oxidation sites excluding steroid dienone is 1. The quantitative estimate of drug-likeness (QED) is 0.0424. The molecule has 340 valence electrons. The maximum Gasteiger partial charge on any atom is 0.220 e. The minimum absolute atomic E-state index is 0.0564. The van der Waals surface area contributed by atoms with Crippen molar-refractivity contribution in [2.24, 2.45) is 0 Å². The third-order valence-corrected chi connectivity index (χ3v) is 12.5. The Bertz CT molecular complexity index is 784. The fourth-order valence-corrected chi connectivity index (χ4v) is 8.48. The number of aliphatic hydroxyl groups is 2. The Labute approximate surface area is 358 Å². The zero-order valence-electron chi connectivity index (χ0n) is 39.1. The molecule has 1 amide bonds. The van der Waals surface area contributed by atoms with Gasteiger partial charge >= 0.3 is 0 Å². The predicted molar refractivity (Wildman–Crippen MR) is 253 cm³/mol. The van der Waals surface area contributed by atoms with Gasteiger partial charge in [0.2, 0.25) is 5.91 Å². The van der Waals surface area contributed by atoms with Crippen molar-refractivity contribution in [2.45, 2.75) is 315 Å². The first-order valence-electron chi connectivity index (χ1n) is 26.4. The first-order valence-corrected chi connectivity index (χ1v) is 26.4. The number of carbonyl (C=O) groups is 1. The minimum Gasteiger partial charge on any atom is -0.394 e. The molecule has 0 aromatic rings. The van der Waals surface area contributed by atoms with Gasteiger partial charge in [-0.15, -0.1) is 0 Å². The Morgan fingerprint density at radius 1 is 0.404 bits per heavy atom. The first kappa shape index (κ1) is 56.1. The van der Waals surface area contributed by atoms with Crippen molar-refractivity contribution in [3.63, 3.8) is 0 Å². The summed E-state index contributed by atoms with van der Waals surface area (Å²) in [4.78, 5) is 12.4. The van der Waals surface area contributed by atoms with Crippen LogP contribution in [0.5, 0.6) is 0 Å². The van der Waals surface area contributed by atoms with E-state index >= 15 is 0 Å². The third-order valence-electron chi connectivity index (χ3n) is 12.5. The number of unbranched alkanes of at least 4 members (excludes halogenated alkanes) is 42. The lowest BCUT2D eigenvalue weighted by Crippen LogP contribution is -2.45. The summed E-state index contributed by atoms with van der Waals surface area (Å²) in [5.41, 5.74) is 0. The Morgan fingerprint density at radius 2 is 0.649 bits per heavy atom. The summed E-state index contributed by atoms with van der Waals surface area (Å²) < 4.78 is 0. The van der Waals surface area contributed by atoms with Gasteiger partial charge in [-0.2, -0.15) is 0 Å². The Hall–Kier alpha value is -0.870. The van der Waals surface area contributed by atoms with Crippen molar-refractivity contribution >= 4 is 5.91 Å². The van der Waals surface area contributed by atoms with E-state index in [2.05, 4.69) is 19.2 Å². The second-order valence-corrected chi connectivity index (χ2v) is 18.3. The van der Waals surface area contributed by atoms with Gasteiger partial charge in [0.05, 0.1) is 18.8 Å². The van der Waals surface area contributed by atoms with E-state index in [0.717, 1.165) is 25.7 Å². The molecular formula is C53H105NO3. The van der Waals surface area contributed by atoms with Crippen LogP contribution in [0.15, 0.2) is 12.2 Å². The van der Waals surface area contributed by atoms with Gasteiger partial charge in [0.25, 0.3) is 0 Å². The van der Waals surface area contributed by atoms with Gasteiger partial charge in [-0.3, -0.25) is 4.79 Å². The van der Waals surface area contributed by atoms with Crippen LogP contribution >= 0.6 is 0 Å². The topological polar surface area (TPSA) is 69.6 Å². The summed E-state index contributed by atoms with van der Waals surface area (Å²) in [5, 5.41) is 23.1. The normalized spacial score (nSPS) is 12.8. The lowest BCUT2D eigenvalue weighted by molar-refractivity contribution is -0.123.